The highest BCUT2D eigenvalue weighted by Crippen LogP contribution is 2.27. The number of aromatic nitrogens is 3. The van der Waals surface area contributed by atoms with E-state index in [9.17, 15) is 4.79 Å². The molecule has 0 bridgehead atoms. The molecule has 0 aliphatic rings. The molecule has 2 heterocycles. The molecule has 2 aromatic heterocycles. The van der Waals surface area contributed by atoms with Crippen LogP contribution in [-0.4, -0.2) is 40.7 Å². The summed E-state index contributed by atoms with van der Waals surface area (Å²) < 4.78 is 7.16. The molecule has 0 radical (unpaired) electrons. The van der Waals surface area contributed by atoms with Gasteiger partial charge in [0.15, 0.2) is 10.8 Å². The maximum absolute atomic E-state index is 12.3. The minimum Gasteiger partial charge on any atom is -0.385 e. The minimum absolute atomic E-state index is 0.0678. The summed E-state index contributed by atoms with van der Waals surface area (Å²) in [4.78, 5) is 21.7. The van der Waals surface area contributed by atoms with Gasteiger partial charge in [0.2, 0.25) is 0 Å². The molecule has 0 saturated heterocycles. The second-order valence-corrected chi connectivity index (χ2v) is 8.84. The van der Waals surface area contributed by atoms with Crippen molar-refractivity contribution in [1.29, 1.82) is 0 Å². The Kier molecular flexibility index (Phi) is 7.75. The lowest BCUT2D eigenvalue weighted by molar-refractivity contribution is 0.0948. The van der Waals surface area contributed by atoms with Gasteiger partial charge in [-0.2, -0.15) is 0 Å². The van der Waals surface area contributed by atoms with Crippen molar-refractivity contribution >= 4 is 28.8 Å². The Morgan fingerprint density at radius 3 is 2.58 bits per heavy atom. The Morgan fingerprint density at radius 2 is 1.82 bits per heavy atom. The first-order valence-corrected chi connectivity index (χ1v) is 12.0. The minimum atomic E-state index is -0.0678. The van der Waals surface area contributed by atoms with Crippen LogP contribution in [0.4, 0.5) is 0 Å². The quantitative estimate of drug-likeness (QED) is 0.271. The molecule has 33 heavy (non-hydrogen) atoms. The fourth-order valence-corrected chi connectivity index (χ4v) is 4.45. The molecule has 4 rings (SSSR count). The van der Waals surface area contributed by atoms with Crippen LogP contribution in [0.3, 0.4) is 0 Å². The van der Waals surface area contributed by atoms with Gasteiger partial charge in [0, 0.05) is 37.8 Å². The number of benzene rings is 2. The zero-order valence-corrected chi connectivity index (χ0v) is 19.8. The van der Waals surface area contributed by atoms with Crippen molar-refractivity contribution in [2.75, 3.05) is 20.3 Å². The topological polar surface area (TPSA) is 69.0 Å². The molecule has 0 aliphatic heterocycles. The van der Waals surface area contributed by atoms with Crippen LogP contribution in [0.5, 0.6) is 0 Å². The predicted molar refractivity (Wildman–Crippen MR) is 133 cm³/mol. The Hall–Kier alpha value is -3.16. The summed E-state index contributed by atoms with van der Waals surface area (Å²) in [5.74, 6) is 0.771. The number of aryl methyl sites for hydroxylation is 1. The van der Waals surface area contributed by atoms with Gasteiger partial charge >= 0.3 is 0 Å². The van der Waals surface area contributed by atoms with Crippen molar-refractivity contribution in [3.8, 4) is 0 Å². The second kappa shape index (κ2) is 11.1. The summed E-state index contributed by atoms with van der Waals surface area (Å²) in [6.07, 6.45) is 2.59. The number of pyridine rings is 1. The highest BCUT2D eigenvalue weighted by atomic mass is 32.2. The smallest absolute Gasteiger partial charge is 0.251 e. The molecular weight excluding hydrogens is 432 g/mol. The fourth-order valence-electron chi connectivity index (χ4n) is 3.49. The molecule has 4 aromatic rings. The molecule has 7 heteroatoms. The Morgan fingerprint density at radius 1 is 1.06 bits per heavy atom. The summed E-state index contributed by atoms with van der Waals surface area (Å²) in [5.41, 5.74) is 6.01. The average molecular weight is 461 g/mol. The summed E-state index contributed by atoms with van der Waals surface area (Å²) >= 11 is 1.71. The van der Waals surface area contributed by atoms with Crippen LogP contribution in [-0.2, 0) is 17.0 Å². The van der Waals surface area contributed by atoms with Gasteiger partial charge in [-0.25, -0.2) is 9.97 Å². The average Bonchev–Trinajstić information content (AvgIpc) is 3.19. The van der Waals surface area contributed by atoms with Gasteiger partial charge in [-0.15, -0.1) is 0 Å². The molecule has 2 aromatic carbocycles. The van der Waals surface area contributed by atoms with Gasteiger partial charge in [0.05, 0.1) is 6.54 Å². The van der Waals surface area contributed by atoms with Crippen LogP contribution in [0, 0.1) is 6.92 Å². The van der Waals surface area contributed by atoms with Crippen LogP contribution in [0.25, 0.3) is 11.2 Å². The van der Waals surface area contributed by atoms with Gasteiger partial charge in [-0.05, 0) is 48.7 Å². The molecule has 0 aliphatic carbocycles. The lowest BCUT2D eigenvalue weighted by atomic mass is 10.1. The number of imidazole rings is 1. The number of carbonyl (C=O) groups excluding carboxylic acids is 1. The van der Waals surface area contributed by atoms with E-state index in [-0.39, 0.29) is 5.91 Å². The van der Waals surface area contributed by atoms with Gasteiger partial charge < -0.3 is 10.1 Å². The van der Waals surface area contributed by atoms with Crippen molar-refractivity contribution in [3.05, 3.63) is 89.1 Å². The number of amides is 1. The first-order valence-electron chi connectivity index (χ1n) is 11.0. The second-order valence-electron chi connectivity index (χ2n) is 7.90. The maximum atomic E-state index is 12.3. The summed E-state index contributed by atoms with van der Waals surface area (Å²) in [6.45, 7) is 3.97. The van der Waals surface area contributed by atoms with E-state index in [4.69, 9.17) is 9.72 Å². The van der Waals surface area contributed by atoms with Crippen molar-refractivity contribution in [2.24, 2.45) is 0 Å². The summed E-state index contributed by atoms with van der Waals surface area (Å²) in [7, 11) is 1.66. The number of nitrogens with zero attached hydrogens (tertiary/aromatic N) is 3. The molecule has 1 N–H and O–H groups in total. The van der Waals surface area contributed by atoms with Gasteiger partial charge in [-0.1, -0.05) is 53.7 Å². The van der Waals surface area contributed by atoms with Crippen LogP contribution in [0.1, 0.15) is 33.5 Å². The molecule has 0 atom stereocenters. The van der Waals surface area contributed by atoms with E-state index < -0.39 is 0 Å². The first kappa shape index (κ1) is 23.0. The molecule has 6 nitrogen and oxygen atoms in total. The molecule has 0 spiro atoms. The van der Waals surface area contributed by atoms with Crippen LogP contribution < -0.4 is 5.32 Å². The normalized spacial score (nSPS) is 11.1. The number of thioether (sulfide) groups is 1. The highest BCUT2D eigenvalue weighted by Gasteiger charge is 2.13. The van der Waals surface area contributed by atoms with Gasteiger partial charge in [-0.3, -0.25) is 9.36 Å². The number of methoxy groups -OCH3 is 1. The van der Waals surface area contributed by atoms with E-state index in [0.29, 0.717) is 25.3 Å². The van der Waals surface area contributed by atoms with Crippen molar-refractivity contribution in [1.82, 2.24) is 19.9 Å². The number of ether oxygens (including phenoxy) is 1. The maximum Gasteiger partial charge on any atom is 0.251 e. The third-order valence-corrected chi connectivity index (χ3v) is 6.37. The van der Waals surface area contributed by atoms with Crippen molar-refractivity contribution < 1.29 is 9.53 Å². The number of fused-ring (bicyclic) bond motifs is 1. The van der Waals surface area contributed by atoms with Gasteiger partial charge in [0.1, 0.15) is 5.52 Å². The zero-order chi connectivity index (χ0) is 23.0. The highest BCUT2D eigenvalue weighted by molar-refractivity contribution is 7.98. The monoisotopic (exact) mass is 460 g/mol. The standard InChI is InChI=1S/C26H28N4O2S/c1-19-6-8-21(9-7-19)18-33-26-29-23-5-3-14-27-24(23)30(26)17-20-10-12-22(13-11-20)25(31)28-15-4-16-32-2/h3,5-14H,4,15-18H2,1-2H3,(H,28,31). The van der Waals surface area contributed by atoms with Gasteiger partial charge in [0.25, 0.3) is 5.91 Å². The van der Waals surface area contributed by atoms with Crippen LogP contribution in [0.15, 0.2) is 72.0 Å². The zero-order valence-electron chi connectivity index (χ0n) is 19.0. The number of nitrogens with one attached hydrogen (secondary N) is 1. The predicted octanol–water partition coefficient (Wildman–Crippen LogP) is 4.85. The lowest BCUT2D eigenvalue weighted by Crippen LogP contribution is -2.25. The Bertz CT molecular complexity index is 1200. The molecule has 0 fully saturated rings. The fraction of sp³-hybridized carbons (Fsp3) is 0.269. The van der Waals surface area contributed by atoms with Crippen molar-refractivity contribution in [2.45, 2.75) is 30.8 Å². The van der Waals surface area contributed by atoms with E-state index in [1.165, 1.54) is 11.1 Å². The van der Waals surface area contributed by atoms with Crippen molar-refractivity contribution in [3.63, 3.8) is 0 Å². The summed E-state index contributed by atoms with van der Waals surface area (Å²) in [6, 6.07) is 20.2. The van der Waals surface area contributed by atoms with E-state index in [1.54, 1.807) is 25.1 Å². The number of hydrogen-bond acceptors (Lipinski definition) is 5. The van der Waals surface area contributed by atoms with E-state index in [2.05, 4.69) is 46.1 Å². The number of carbonyl (C=O) groups is 1. The van der Waals surface area contributed by atoms with E-state index in [1.807, 2.05) is 36.4 Å². The number of rotatable bonds is 10. The molecule has 170 valence electrons. The van der Waals surface area contributed by atoms with Crippen LogP contribution >= 0.6 is 11.8 Å². The molecular formula is C26H28N4O2S. The SMILES string of the molecule is COCCCNC(=O)c1ccc(Cn2c(SCc3ccc(C)cc3)nc3cccnc32)cc1. The Labute approximate surface area is 198 Å². The molecule has 1 amide bonds. The summed E-state index contributed by atoms with van der Waals surface area (Å²) in [5, 5.41) is 3.85. The third kappa shape index (κ3) is 6.00. The van der Waals surface area contributed by atoms with E-state index >= 15 is 0 Å². The Balaban J connectivity index is 1.48. The lowest BCUT2D eigenvalue weighted by Gasteiger charge is -2.10. The first-order chi connectivity index (χ1) is 16.1. The largest absolute Gasteiger partial charge is 0.385 e. The van der Waals surface area contributed by atoms with Crippen LogP contribution in [0.2, 0.25) is 0 Å². The third-order valence-electron chi connectivity index (χ3n) is 5.32. The number of hydrogen-bond donors (Lipinski definition) is 1. The molecule has 0 unspecified atom stereocenters. The van der Waals surface area contributed by atoms with E-state index in [0.717, 1.165) is 34.1 Å². The molecule has 0 saturated carbocycles.